The highest BCUT2D eigenvalue weighted by atomic mass is 16.7. The zero-order valence-electron chi connectivity index (χ0n) is 12.0. The number of rotatable bonds is 4. The third kappa shape index (κ3) is 3.64. The van der Waals surface area contributed by atoms with Crippen molar-refractivity contribution in [3.8, 4) is 0 Å². The first kappa shape index (κ1) is 13.7. The maximum atomic E-state index is 5.53. The molecular weight excluding hydrogens is 252 g/mol. The van der Waals surface area contributed by atoms with Crippen LogP contribution in [0.2, 0.25) is 0 Å². The number of nitrogens with one attached hydrogen (secondary N) is 1. The molecule has 2 aliphatic heterocycles. The van der Waals surface area contributed by atoms with Crippen LogP contribution in [0, 0.1) is 0 Å². The molecule has 1 atom stereocenters. The van der Waals surface area contributed by atoms with E-state index in [1.54, 1.807) is 0 Å². The van der Waals surface area contributed by atoms with Gasteiger partial charge in [-0.25, -0.2) is 0 Å². The lowest BCUT2D eigenvalue weighted by Crippen LogP contribution is -2.30. The van der Waals surface area contributed by atoms with Gasteiger partial charge in [-0.05, 0) is 49.9 Å². The van der Waals surface area contributed by atoms with Crippen molar-refractivity contribution in [1.82, 2.24) is 0 Å². The molecule has 0 aromatic heterocycles. The number of anilines is 2. The Bertz CT molecular complexity index is 395. The highest BCUT2D eigenvalue weighted by Gasteiger charge is 2.14. The maximum Gasteiger partial charge on any atom is 0.147 e. The molecule has 4 heteroatoms. The summed E-state index contributed by atoms with van der Waals surface area (Å²) in [4.78, 5) is 2.48. The molecule has 1 aromatic carbocycles. The summed E-state index contributed by atoms with van der Waals surface area (Å²) in [6.07, 6.45) is 5.26. The van der Waals surface area contributed by atoms with Crippen LogP contribution in [0.5, 0.6) is 0 Å². The lowest BCUT2D eigenvalue weighted by molar-refractivity contribution is -0.133. The molecule has 1 unspecified atom stereocenters. The van der Waals surface area contributed by atoms with Crippen molar-refractivity contribution >= 4 is 11.4 Å². The minimum Gasteiger partial charge on any atom is -0.382 e. The second-order valence-electron chi connectivity index (χ2n) is 5.58. The highest BCUT2D eigenvalue weighted by Crippen LogP contribution is 2.22. The molecule has 0 aliphatic carbocycles. The van der Waals surface area contributed by atoms with Gasteiger partial charge in [0.2, 0.25) is 0 Å². The molecule has 2 heterocycles. The molecular formula is C16H24N2O2. The van der Waals surface area contributed by atoms with E-state index in [2.05, 4.69) is 34.5 Å². The van der Waals surface area contributed by atoms with Gasteiger partial charge < -0.3 is 19.7 Å². The number of benzene rings is 1. The second-order valence-corrected chi connectivity index (χ2v) is 5.58. The second kappa shape index (κ2) is 6.95. The van der Waals surface area contributed by atoms with Gasteiger partial charge in [0.1, 0.15) is 6.79 Å². The molecule has 1 N–H and O–H groups in total. The third-order valence-electron chi connectivity index (χ3n) is 4.09. The number of hydrogen-bond acceptors (Lipinski definition) is 4. The minimum atomic E-state index is 0.269. The van der Waals surface area contributed by atoms with Crippen molar-refractivity contribution in [1.29, 1.82) is 0 Å². The van der Waals surface area contributed by atoms with E-state index in [1.165, 1.54) is 43.7 Å². The molecule has 1 aromatic rings. The Labute approximate surface area is 121 Å². The van der Waals surface area contributed by atoms with Gasteiger partial charge >= 0.3 is 0 Å². The van der Waals surface area contributed by atoms with E-state index in [0.717, 1.165) is 19.6 Å². The summed E-state index contributed by atoms with van der Waals surface area (Å²) in [7, 11) is 0. The Hall–Kier alpha value is -1.26. The molecule has 110 valence electrons. The van der Waals surface area contributed by atoms with Crippen LogP contribution in [0.25, 0.3) is 0 Å². The van der Waals surface area contributed by atoms with Crippen molar-refractivity contribution in [2.75, 3.05) is 43.3 Å². The fraction of sp³-hybridized carbons (Fsp3) is 0.625. The Kier molecular flexibility index (Phi) is 4.77. The van der Waals surface area contributed by atoms with E-state index < -0.39 is 0 Å². The maximum absolute atomic E-state index is 5.53. The number of nitrogens with zero attached hydrogens (tertiary/aromatic N) is 1. The van der Waals surface area contributed by atoms with E-state index in [-0.39, 0.29) is 6.10 Å². The molecule has 2 fully saturated rings. The summed E-state index contributed by atoms with van der Waals surface area (Å²) in [5.74, 6) is 0. The van der Waals surface area contributed by atoms with Gasteiger partial charge in [-0.1, -0.05) is 0 Å². The summed E-state index contributed by atoms with van der Waals surface area (Å²) in [5, 5.41) is 3.45. The molecule has 4 nitrogen and oxygen atoms in total. The van der Waals surface area contributed by atoms with Gasteiger partial charge in [0.15, 0.2) is 0 Å². The van der Waals surface area contributed by atoms with E-state index >= 15 is 0 Å². The van der Waals surface area contributed by atoms with Gasteiger partial charge in [-0.15, -0.1) is 0 Å². The third-order valence-corrected chi connectivity index (χ3v) is 4.09. The predicted molar refractivity (Wildman–Crippen MR) is 81.3 cm³/mol. The normalized spacial score (nSPS) is 23.6. The fourth-order valence-corrected chi connectivity index (χ4v) is 2.84. The quantitative estimate of drug-likeness (QED) is 0.917. The fourth-order valence-electron chi connectivity index (χ4n) is 2.84. The van der Waals surface area contributed by atoms with Crippen LogP contribution in [-0.4, -0.2) is 39.1 Å². The van der Waals surface area contributed by atoms with Gasteiger partial charge in [0, 0.05) is 31.0 Å². The SMILES string of the molecule is c1cc(N2CCCCC2)ccc1NCC1CCOCO1. The number of piperidine rings is 1. The Balaban J connectivity index is 1.50. The summed E-state index contributed by atoms with van der Waals surface area (Å²) in [5.41, 5.74) is 2.51. The van der Waals surface area contributed by atoms with Gasteiger partial charge in [-0.3, -0.25) is 0 Å². The van der Waals surface area contributed by atoms with Crippen molar-refractivity contribution in [3.63, 3.8) is 0 Å². The zero-order chi connectivity index (χ0) is 13.6. The van der Waals surface area contributed by atoms with Crippen LogP contribution in [0.3, 0.4) is 0 Å². The predicted octanol–water partition coefficient (Wildman–Crippen LogP) is 2.85. The average Bonchev–Trinajstić information content (AvgIpc) is 2.55. The molecule has 2 aliphatic rings. The smallest absolute Gasteiger partial charge is 0.147 e. The summed E-state index contributed by atoms with van der Waals surface area (Å²) in [6.45, 7) is 4.48. The summed E-state index contributed by atoms with van der Waals surface area (Å²) >= 11 is 0. The first-order valence-electron chi connectivity index (χ1n) is 7.70. The standard InChI is InChI=1S/C16H24N2O2/c1-2-9-18(10-3-1)15-6-4-14(5-7-15)17-12-16-8-11-19-13-20-16/h4-7,16-17H,1-3,8-13H2. The van der Waals surface area contributed by atoms with Crippen LogP contribution < -0.4 is 10.2 Å². The summed E-state index contributed by atoms with van der Waals surface area (Å²) in [6, 6.07) is 8.78. The highest BCUT2D eigenvalue weighted by molar-refractivity contribution is 5.55. The molecule has 0 radical (unpaired) electrons. The summed E-state index contributed by atoms with van der Waals surface area (Å²) < 4.78 is 10.7. The van der Waals surface area contributed by atoms with Crippen molar-refractivity contribution in [2.24, 2.45) is 0 Å². The lowest BCUT2D eigenvalue weighted by atomic mass is 10.1. The van der Waals surface area contributed by atoms with Crippen LogP contribution in [0.4, 0.5) is 11.4 Å². The first-order chi connectivity index (χ1) is 9.92. The number of ether oxygens (including phenoxy) is 2. The van der Waals surface area contributed by atoms with E-state index in [1.807, 2.05) is 0 Å². The Morgan fingerprint density at radius 2 is 1.90 bits per heavy atom. The average molecular weight is 276 g/mol. The van der Waals surface area contributed by atoms with Crippen LogP contribution in [0.1, 0.15) is 25.7 Å². The lowest BCUT2D eigenvalue weighted by Gasteiger charge is -2.29. The molecule has 0 amide bonds. The number of hydrogen-bond donors (Lipinski definition) is 1. The Morgan fingerprint density at radius 1 is 1.10 bits per heavy atom. The zero-order valence-corrected chi connectivity index (χ0v) is 12.0. The monoisotopic (exact) mass is 276 g/mol. The largest absolute Gasteiger partial charge is 0.382 e. The molecule has 0 saturated carbocycles. The molecule has 3 rings (SSSR count). The van der Waals surface area contributed by atoms with E-state index in [4.69, 9.17) is 9.47 Å². The van der Waals surface area contributed by atoms with E-state index in [9.17, 15) is 0 Å². The van der Waals surface area contributed by atoms with Crippen LogP contribution in [-0.2, 0) is 9.47 Å². The van der Waals surface area contributed by atoms with Gasteiger partial charge in [0.25, 0.3) is 0 Å². The topological polar surface area (TPSA) is 33.7 Å². The first-order valence-corrected chi connectivity index (χ1v) is 7.70. The van der Waals surface area contributed by atoms with Gasteiger partial charge in [0.05, 0.1) is 12.7 Å². The van der Waals surface area contributed by atoms with Crippen LogP contribution >= 0.6 is 0 Å². The van der Waals surface area contributed by atoms with E-state index in [0.29, 0.717) is 6.79 Å². The molecule has 2 saturated heterocycles. The molecule has 0 bridgehead atoms. The minimum absolute atomic E-state index is 0.269. The van der Waals surface area contributed by atoms with Crippen molar-refractivity contribution in [3.05, 3.63) is 24.3 Å². The molecule has 0 spiro atoms. The van der Waals surface area contributed by atoms with Crippen molar-refractivity contribution in [2.45, 2.75) is 31.8 Å². The van der Waals surface area contributed by atoms with Crippen molar-refractivity contribution < 1.29 is 9.47 Å². The Morgan fingerprint density at radius 3 is 2.60 bits per heavy atom. The van der Waals surface area contributed by atoms with Gasteiger partial charge in [-0.2, -0.15) is 0 Å². The molecule has 20 heavy (non-hydrogen) atoms. The van der Waals surface area contributed by atoms with Crippen LogP contribution in [0.15, 0.2) is 24.3 Å².